The number of aromatic nitrogens is 2. The maximum Gasteiger partial charge on any atom is 0.254 e. The van der Waals surface area contributed by atoms with Crippen LogP contribution in [-0.4, -0.2) is 28.3 Å². The minimum absolute atomic E-state index is 0.158. The number of nitrogens with zero attached hydrogens (tertiary/aromatic N) is 2. The van der Waals surface area contributed by atoms with Gasteiger partial charge in [0.05, 0.1) is 5.56 Å². The molecule has 0 aliphatic heterocycles. The van der Waals surface area contributed by atoms with Crippen LogP contribution in [-0.2, 0) is 11.2 Å². The molecule has 0 unspecified atom stereocenters. The fourth-order valence-corrected chi connectivity index (χ4v) is 2.73. The molecule has 3 rings (SSSR count). The highest BCUT2D eigenvalue weighted by Gasteiger charge is 2.12. The van der Waals surface area contributed by atoms with Gasteiger partial charge in [-0.3, -0.25) is 9.59 Å². The molecule has 0 bridgehead atoms. The summed E-state index contributed by atoms with van der Waals surface area (Å²) < 4.78 is 0. The lowest BCUT2D eigenvalue weighted by Crippen LogP contribution is -2.18. The third-order valence-electron chi connectivity index (χ3n) is 4.04. The number of nitrogens with one attached hydrogen (secondary N) is 3. The smallest absolute Gasteiger partial charge is 0.254 e. The monoisotopic (exact) mass is 390 g/mol. The highest BCUT2D eigenvalue weighted by atomic mass is 16.1. The van der Waals surface area contributed by atoms with Gasteiger partial charge in [0.15, 0.2) is 0 Å². The van der Waals surface area contributed by atoms with Crippen molar-refractivity contribution in [3.8, 4) is 0 Å². The van der Waals surface area contributed by atoms with Gasteiger partial charge in [-0.2, -0.15) is 4.98 Å². The topological polar surface area (TPSA) is 122 Å². The van der Waals surface area contributed by atoms with Gasteiger partial charge in [0.2, 0.25) is 11.9 Å². The fourth-order valence-electron chi connectivity index (χ4n) is 2.73. The Morgan fingerprint density at radius 2 is 1.79 bits per heavy atom. The molecule has 3 aromatic rings. The van der Waals surface area contributed by atoms with E-state index in [2.05, 4.69) is 25.9 Å². The zero-order valence-electron chi connectivity index (χ0n) is 16.0. The summed E-state index contributed by atoms with van der Waals surface area (Å²) >= 11 is 0. The van der Waals surface area contributed by atoms with E-state index < -0.39 is 5.91 Å². The van der Waals surface area contributed by atoms with E-state index >= 15 is 0 Å². The minimum atomic E-state index is -0.605. The predicted molar refractivity (Wildman–Crippen MR) is 113 cm³/mol. The summed E-state index contributed by atoms with van der Waals surface area (Å²) in [6.07, 6.45) is 2.16. The number of anilines is 4. The molecule has 29 heavy (non-hydrogen) atoms. The number of hydrogen-bond donors (Lipinski definition) is 4. The highest BCUT2D eigenvalue weighted by molar-refractivity contribution is 5.97. The van der Waals surface area contributed by atoms with Gasteiger partial charge in [-0.1, -0.05) is 36.4 Å². The number of nitrogens with two attached hydrogens (primary N) is 1. The summed E-state index contributed by atoms with van der Waals surface area (Å²) in [6.45, 7) is 2.03. The van der Waals surface area contributed by atoms with Crippen molar-refractivity contribution in [2.24, 2.45) is 5.73 Å². The molecule has 0 aliphatic rings. The average Bonchev–Trinajstić information content (AvgIpc) is 2.68. The van der Waals surface area contributed by atoms with Gasteiger partial charge in [0.25, 0.3) is 5.91 Å². The number of carbonyl (C=O) groups excluding carboxylic acids is 2. The Kier molecular flexibility index (Phi) is 6.36. The molecule has 1 aromatic heterocycles. The van der Waals surface area contributed by atoms with E-state index in [1.54, 1.807) is 18.2 Å². The third kappa shape index (κ3) is 5.77. The highest BCUT2D eigenvalue weighted by Crippen LogP contribution is 2.20. The van der Waals surface area contributed by atoms with E-state index in [0.29, 0.717) is 29.7 Å². The molecule has 0 aliphatic carbocycles. The lowest BCUT2D eigenvalue weighted by atomic mass is 10.1. The SMILES string of the molecule is CC(=O)Nc1cccc(Nc2ncc(C(N)=O)c(NCCc3ccccc3)n2)c1. The first-order valence-corrected chi connectivity index (χ1v) is 9.10. The standard InChI is InChI=1S/C21H22N6O2/c1-14(28)25-16-8-5-9-17(12-16)26-21-24-13-18(19(22)29)20(27-21)23-11-10-15-6-3-2-4-7-15/h2-9,12-13H,10-11H2,1H3,(H2,22,29)(H,25,28)(H2,23,24,26,27). The van der Waals surface area contributed by atoms with Gasteiger partial charge in [-0.25, -0.2) is 4.98 Å². The Morgan fingerprint density at radius 3 is 2.52 bits per heavy atom. The largest absolute Gasteiger partial charge is 0.369 e. The predicted octanol–water partition coefficient (Wildman–Crippen LogP) is 2.93. The van der Waals surface area contributed by atoms with Gasteiger partial charge < -0.3 is 21.7 Å². The van der Waals surface area contributed by atoms with Crippen molar-refractivity contribution in [2.75, 3.05) is 22.5 Å². The van der Waals surface area contributed by atoms with Crippen LogP contribution in [0.25, 0.3) is 0 Å². The van der Waals surface area contributed by atoms with Crippen molar-refractivity contribution in [1.29, 1.82) is 0 Å². The second-order valence-electron chi connectivity index (χ2n) is 6.37. The van der Waals surface area contributed by atoms with Crippen LogP contribution < -0.4 is 21.7 Å². The van der Waals surface area contributed by atoms with E-state index in [1.165, 1.54) is 18.7 Å². The molecule has 0 fully saturated rings. The van der Waals surface area contributed by atoms with E-state index in [-0.39, 0.29) is 11.5 Å². The molecular formula is C21H22N6O2. The molecule has 0 saturated carbocycles. The number of amides is 2. The Labute approximate surface area is 168 Å². The number of benzene rings is 2. The first-order chi connectivity index (χ1) is 14.0. The summed E-state index contributed by atoms with van der Waals surface area (Å²) in [5.74, 6) is -0.0957. The Bertz CT molecular complexity index is 1010. The van der Waals surface area contributed by atoms with Crippen LogP contribution in [0, 0.1) is 0 Å². The van der Waals surface area contributed by atoms with E-state index in [1.807, 2.05) is 36.4 Å². The summed E-state index contributed by atoms with van der Waals surface area (Å²) in [6, 6.07) is 17.1. The first-order valence-electron chi connectivity index (χ1n) is 9.10. The number of primary amides is 1. The molecule has 0 saturated heterocycles. The summed E-state index contributed by atoms with van der Waals surface area (Å²) in [7, 11) is 0. The van der Waals surface area contributed by atoms with Crippen molar-refractivity contribution in [2.45, 2.75) is 13.3 Å². The molecule has 0 spiro atoms. The van der Waals surface area contributed by atoms with Crippen molar-refractivity contribution < 1.29 is 9.59 Å². The van der Waals surface area contributed by atoms with Gasteiger partial charge in [0.1, 0.15) is 5.82 Å². The lowest BCUT2D eigenvalue weighted by molar-refractivity contribution is -0.114. The van der Waals surface area contributed by atoms with E-state index in [9.17, 15) is 9.59 Å². The molecule has 0 radical (unpaired) electrons. The Hall–Kier alpha value is -3.94. The van der Waals surface area contributed by atoms with Crippen molar-refractivity contribution in [3.63, 3.8) is 0 Å². The number of rotatable bonds is 8. The molecule has 8 heteroatoms. The van der Waals surface area contributed by atoms with E-state index in [0.717, 1.165) is 6.42 Å². The van der Waals surface area contributed by atoms with Crippen LogP contribution >= 0.6 is 0 Å². The first kappa shape index (κ1) is 19.8. The molecular weight excluding hydrogens is 368 g/mol. The van der Waals surface area contributed by atoms with Crippen LogP contribution in [0.5, 0.6) is 0 Å². The van der Waals surface area contributed by atoms with Gasteiger partial charge in [-0.15, -0.1) is 0 Å². The van der Waals surface area contributed by atoms with Crippen LogP contribution in [0.4, 0.5) is 23.1 Å². The molecule has 8 nitrogen and oxygen atoms in total. The summed E-state index contributed by atoms with van der Waals surface area (Å²) in [5.41, 5.74) is 8.18. The minimum Gasteiger partial charge on any atom is -0.369 e. The van der Waals surface area contributed by atoms with Crippen LogP contribution in [0.3, 0.4) is 0 Å². The Balaban J connectivity index is 1.74. The van der Waals surface area contributed by atoms with Gasteiger partial charge in [-0.05, 0) is 30.2 Å². The summed E-state index contributed by atoms with van der Waals surface area (Å²) in [4.78, 5) is 31.5. The average molecular weight is 390 g/mol. The van der Waals surface area contributed by atoms with Crippen molar-refractivity contribution in [1.82, 2.24) is 9.97 Å². The number of hydrogen-bond acceptors (Lipinski definition) is 6. The maximum absolute atomic E-state index is 11.7. The van der Waals surface area contributed by atoms with Crippen LogP contribution in [0.15, 0.2) is 60.8 Å². The van der Waals surface area contributed by atoms with Crippen molar-refractivity contribution in [3.05, 3.63) is 71.9 Å². The zero-order chi connectivity index (χ0) is 20.6. The third-order valence-corrected chi connectivity index (χ3v) is 4.04. The normalized spacial score (nSPS) is 10.2. The summed E-state index contributed by atoms with van der Waals surface area (Å²) in [5, 5.41) is 8.94. The van der Waals surface area contributed by atoms with Crippen LogP contribution in [0.2, 0.25) is 0 Å². The second kappa shape index (κ2) is 9.32. The molecule has 5 N–H and O–H groups in total. The van der Waals surface area contributed by atoms with E-state index in [4.69, 9.17) is 5.73 Å². The molecule has 148 valence electrons. The molecule has 1 heterocycles. The zero-order valence-corrected chi connectivity index (χ0v) is 16.0. The Morgan fingerprint density at radius 1 is 1.03 bits per heavy atom. The molecule has 2 aromatic carbocycles. The van der Waals surface area contributed by atoms with Crippen LogP contribution in [0.1, 0.15) is 22.8 Å². The van der Waals surface area contributed by atoms with Gasteiger partial charge >= 0.3 is 0 Å². The lowest BCUT2D eigenvalue weighted by Gasteiger charge is -2.12. The molecule has 0 atom stereocenters. The second-order valence-corrected chi connectivity index (χ2v) is 6.37. The van der Waals surface area contributed by atoms with Crippen molar-refractivity contribution >= 4 is 35.0 Å². The van der Waals surface area contributed by atoms with Gasteiger partial charge in [0, 0.05) is 31.0 Å². The number of carbonyl (C=O) groups is 2. The fraction of sp³-hybridized carbons (Fsp3) is 0.143. The maximum atomic E-state index is 11.7. The quantitative estimate of drug-likeness (QED) is 0.469. The molecule has 2 amide bonds.